The van der Waals surface area contributed by atoms with Crippen LogP contribution in [-0.2, 0) is 11.3 Å². The van der Waals surface area contributed by atoms with Crippen molar-refractivity contribution in [2.45, 2.75) is 20.5 Å². The summed E-state index contributed by atoms with van der Waals surface area (Å²) in [4.78, 5) is 12.7. The first kappa shape index (κ1) is 20.3. The van der Waals surface area contributed by atoms with Gasteiger partial charge in [0.25, 0.3) is 0 Å². The summed E-state index contributed by atoms with van der Waals surface area (Å²) in [6.45, 7) is 3.96. The van der Waals surface area contributed by atoms with Gasteiger partial charge in [0, 0.05) is 11.3 Å². The number of hydrogen-bond donors (Lipinski definition) is 0. The summed E-state index contributed by atoms with van der Waals surface area (Å²) in [5, 5.41) is 4.58. The van der Waals surface area contributed by atoms with Gasteiger partial charge in [0.15, 0.2) is 11.5 Å². The normalized spacial score (nSPS) is 10.5. The van der Waals surface area contributed by atoms with Crippen molar-refractivity contribution in [1.29, 1.82) is 0 Å². The van der Waals surface area contributed by atoms with Crippen LogP contribution >= 0.6 is 0 Å². The number of carbonyl (C=O) groups excluding carboxylic acids is 1. The van der Waals surface area contributed by atoms with Crippen LogP contribution in [-0.4, -0.2) is 37.1 Å². The number of para-hydroxylation sites is 1. The van der Waals surface area contributed by atoms with Crippen molar-refractivity contribution in [3.8, 4) is 22.9 Å². The van der Waals surface area contributed by atoms with Gasteiger partial charge in [-0.15, -0.1) is 0 Å². The van der Waals surface area contributed by atoms with Crippen molar-refractivity contribution < 1.29 is 23.7 Å². The molecular formula is C22H24N2O5. The third-order valence-electron chi connectivity index (χ3n) is 4.69. The Bertz CT molecular complexity index is 987. The van der Waals surface area contributed by atoms with Crippen LogP contribution in [0.4, 0.5) is 0 Å². The van der Waals surface area contributed by atoms with Crippen molar-refractivity contribution in [2.24, 2.45) is 0 Å². The monoisotopic (exact) mass is 396 g/mol. The summed E-state index contributed by atoms with van der Waals surface area (Å²) in [5.41, 5.74) is 3.87. The highest BCUT2D eigenvalue weighted by Gasteiger charge is 2.19. The first-order valence-electron chi connectivity index (χ1n) is 9.07. The summed E-state index contributed by atoms with van der Waals surface area (Å²) in [7, 11) is 4.50. The highest BCUT2D eigenvalue weighted by molar-refractivity contribution is 5.91. The third kappa shape index (κ3) is 4.03. The van der Waals surface area contributed by atoms with Crippen molar-refractivity contribution >= 4 is 5.97 Å². The molecule has 1 heterocycles. The summed E-state index contributed by atoms with van der Waals surface area (Å²) in [6, 6.07) is 12.9. The molecule has 1 aromatic heterocycles. The number of hydrogen-bond acceptors (Lipinski definition) is 6. The van der Waals surface area contributed by atoms with Gasteiger partial charge in [-0.05, 0) is 38.1 Å². The number of ether oxygens (including phenoxy) is 4. The number of benzene rings is 2. The van der Waals surface area contributed by atoms with Crippen LogP contribution in [0.15, 0.2) is 42.5 Å². The largest absolute Gasteiger partial charge is 0.493 e. The lowest BCUT2D eigenvalue weighted by Gasteiger charge is -2.14. The summed E-state index contributed by atoms with van der Waals surface area (Å²) < 4.78 is 23.3. The van der Waals surface area contributed by atoms with E-state index in [1.165, 1.54) is 21.3 Å². The maximum Gasteiger partial charge on any atom is 0.338 e. The molecule has 0 radical (unpaired) electrons. The van der Waals surface area contributed by atoms with Crippen molar-refractivity contribution in [2.75, 3.05) is 21.3 Å². The minimum absolute atomic E-state index is 0.111. The molecule has 0 unspecified atom stereocenters. The fourth-order valence-electron chi connectivity index (χ4n) is 3.12. The quantitative estimate of drug-likeness (QED) is 0.565. The molecule has 0 aliphatic heterocycles. The summed E-state index contributed by atoms with van der Waals surface area (Å²) in [5.74, 6) is 0.712. The molecule has 0 saturated carbocycles. The average molecular weight is 396 g/mol. The van der Waals surface area contributed by atoms with Crippen LogP contribution in [0.2, 0.25) is 0 Å². The maximum absolute atomic E-state index is 12.7. The summed E-state index contributed by atoms with van der Waals surface area (Å²) >= 11 is 0. The number of esters is 1. The maximum atomic E-state index is 12.7. The van der Waals surface area contributed by atoms with Gasteiger partial charge >= 0.3 is 5.97 Å². The van der Waals surface area contributed by atoms with Gasteiger partial charge in [-0.3, -0.25) is 0 Å². The molecule has 0 atom stereocenters. The molecule has 0 spiro atoms. The third-order valence-corrected chi connectivity index (χ3v) is 4.69. The van der Waals surface area contributed by atoms with Gasteiger partial charge < -0.3 is 18.9 Å². The van der Waals surface area contributed by atoms with E-state index < -0.39 is 5.97 Å². The molecule has 152 valence electrons. The minimum atomic E-state index is -0.490. The molecule has 0 N–H and O–H groups in total. The molecule has 0 saturated heterocycles. The van der Waals surface area contributed by atoms with Crippen molar-refractivity contribution in [3.63, 3.8) is 0 Å². The molecule has 3 rings (SSSR count). The van der Waals surface area contributed by atoms with E-state index in [-0.39, 0.29) is 6.61 Å². The van der Waals surface area contributed by atoms with E-state index in [0.717, 1.165) is 22.6 Å². The van der Waals surface area contributed by atoms with Crippen LogP contribution in [0.3, 0.4) is 0 Å². The van der Waals surface area contributed by atoms with Gasteiger partial charge in [-0.25, -0.2) is 9.48 Å². The second-order valence-corrected chi connectivity index (χ2v) is 6.39. The van der Waals surface area contributed by atoms with Crippen molar-refractivity contribution in [3.05, 3.63) is 65.0 Å². The number of nitrogens with zero attached hydrogens (tertiary/aromatic N) is 2. The van der Waals surface area contributed by atoms with E-state index in [9.17, 15) is 4.79 Å². The van der Waals surface area contributed by atoms with E-state index >= 15 is 0 Å². The lowest BCUT2D eigenvalue weighted by Crippen LogP contribution is -2.08. The highest BCUT2D eigenvalue weighted by Crippen LogP contribution is 2.38. The Balaban J connectivity index is 1.82. The Morgan fingerprint density at radius 1 is 0.966 bits per heavy atom. The van der Waals surface area contributed by atoms with Gasteiger partial charge in [-0.1, -0.05) is 18.2 Å². The first-order valence-corrected chi connectivity index (χ1v) is 9.07. The number of aryl methyl sites for hydroxylation is 1. The molecule has 29 heavy (non-hydrogen) atoms. The van der Waals surface area contributed by atoms with Crippen molar-refractivity contribution in [1.82, 2.24) is 9.78 Å². The Morgan fingerprint density at radius 3 is 2.14 bits per heavy atom. The molecule has 2 aromatic carbocycles. The van der Waals surface area contributed by atoms with Crippen LogP contribution in [0.25, 0.3) is 5.69 Å². The number of rotatable bonds is 7. The van der Waals surface area contributed by atoms with Crippen LogP contribution in [0, 0.1) is 13.8 Å². The van der Waals surface area contributed by atoms with Gasteiger partial charge in [0.1, 0.15) is 6.61 Å². The molecule has 7 heteroatoms. The van der Waals surface area contributed by atoms with Gasteiger partial charge in [0.05, 0.1) is 38.3 Å². The highest BCUT2D eigenvalue weighted by atomic mass is 16.5. The van der Waals surface area contributed by atoms with Gasteiger partial charge in [0.2, 0.25) is 5.75 Å². The Kier molecular flexibility index (Phi) is 6.07. The lowest BCUT2D eigenvalue weighted by molar-refractivity contribution is 0.0470. The van der Waals surface area contributed by atoms with Crippen LogP contribution in [0.1, 0.15) is 27.3 Å². The van der Waals surface area contributed by atoms with Crippen LogP contribution in [0.5, 0.6) is 17.2 Å². The zero-order chi connectivity index (χ0) is 21.0. The van der Waals surface area contributed by atoms with Crippen LogP contribution < -0.4 is 14.2 Å². The molecule has 0 amide bonds. The molecule has 7 nitrogen and oxygen atoms in total. The van der Waals surface area contributed by atoms with Gasteiger partial charge in [-0.2, -0.15) is 5.10 Å². The van der Waals surface area contributed by atoms with E-state index in [0.29, 0.717) is 22.8 Å². The van der Waals surface area contributed by atoms with E-state index in [2.05, 4.69) is 5.10 Å². The lowest BCUT2D eigenvalue weighted by atomic mass is 10.1. The van der Waals surface area contributed by atoms with E-state index in [4.69, 9.17) is 18.9 Å². The predicted octanol–water partition coefficient (Wildman–Crippen LogP) is 3.87. The predicted molar refractivity (Wildman–Crippen MR) is 108 cm³/mol. The standard InChI is InChI=1S/C22H24N2O5/c1-14-18(15(2)24(23-14)17-9-7-6-8-10-17)13-29-22(25)16-11-19(26-3)21(28-5)20(12-16)27-4/h6-12H,13H2,1-5H3. The Hall–Kier alpha value is -3.48. The van der Waals surface area contributed by atoms with E-state index in [1.807, 2.05) is 48.9 Å². The molecule has 0 aliphatic rings. The number of methoxy groups -OCH3 is 3. The smallest absolute Gasteiger partial charge is 0.338 e. The summed E-state index contributed by atoms with van der Waals surface area (Å²) in [6.07, 6.45) is 0. The first-order chi connectivity index (χ1) is 14.0. The number of carbonyl (C=O) groups is 1. The Labute approximate surface area is 169 Å². The second-order valence-electron chi connectivity index (χ2n) is 6.39. The molecule has 0 fully saturated rings. The second kappa shape index (κ2) is 8.68. The zero-order valence-electron chi connectivity index (χ0n) is 17.2. The fourth-order valence-corrected chi connectivity index (χ4v) is 3.12. The molecular weight excluding hydrogens is 372 g/mol. The topological polar surface area (TPSA) is 71.8 Å². The molecule has 0 aliphatic carbocycles. The zero-order valence-corrected chi connectivity index (χ0v) is 17.2. The number of aromatic nitrogens is 2. The Morgan fingerprint density at radius 2 is 1.59 bits per heavy atom. The minimum Gasteiger partial charge on any atom is -0.493 e. The van der Waals surface area contributed by atoms with E-state index in [1.54, 1.807) is 12.1 Å². The average Bonchev–Trinajstić information content (AvgIpc) is 3.04. The molecule has 0 bridgehead atoms. The SMILES string of the molecule is COc1cc(C(=O)OCc2c(C)nn(-c3ccccc3)c2C)cc(OC)c1OC. The fraction of sp³-hybridized carbons (Fsp3) is 0.273. The molecule has 3 aromatic rings.